The highest BCUT2D eigenvalue weighted by Crippen LogP contribution is 2.26. The van der Waals surface area contributed by atoms with Crippen molar-refractivity contribution in [3.05, 3.63) is 29.3 Å². The van der Waals surface area contributed by atoms with E-state index < -0.39 is 15.8 Å². The maximum atomic E-state index is 12.9. The normalized spacial score (nSPS) is 27.4. The van der Waals surface area contributed by atoms with E-state index in [1.54, 1.807) is 12.1 Å². The molecule has 2 aliphatic rings. The Morgan fingerprint density at radius 3 is 2.41 bits per heavy atom. The summed E-state index contributed by atoms with van der Waals surface area (Å²) in [6.07, 6.45) is 1.48. The first-order chi connectivity index (χ1) is 12.6. The number of carbonyl (C=O) groups is 2. The van der Waals surface area contributed by atoms with Gasteiger partial charge in [-0.25, -0.2) is 8.42 Å². The Kier molecular flexibility index (Phi) is 5.60. The number of likely N-dealkylation sites (tertiary alicyclic amines) is 1. The average Bonchev–Trinajstić information content (AvgIpc) is 2.95. The number of hydrogen-bond acceptors (Lipinski definition) is 4. The maximum Gasteiger partial charge on any atom is 0.253 e. The number of sulfone groups is 1. The number of aryl methyl sites for hydroxylation is 1. The molecule has 2 amide bonds. The van der Waals surface area contributed by atoms with Crippen LogP contribution in [0.2, 0.25) is 0 Å². The maximum absolute atomic E-state index is 12.9. The molecular formula is C20H28N2O4S. The monoisotopic (exact) mass is 392 g/mol. The molecule has 2 aliphatic heterocycles. The molecule has 3 atom stereocenters. The van der Waals surface area contributed by atoms with Gasteiger partial charge in [0.05, 0.1) is 17.4 Å². The van der Waals surface area contributed by atoms with Crippen molar-refractivity contribution in [1.29, 1.82) is 0 Å². The van der Waals surface area contributed by atoms with Crippen LogP contribution in [0.25, 0.3) is 0 Å². The molecule has 1 N–H and O–H groups in total. The van der Waals surface area contributed by atoms with Gasteiger partial charge in [0.25, 0.3) is 5.91 Å². The van der Waals surface area contributed by atoms with E-state index in [1.807, 2.05) is 17.9 Å². The lowest BCUT2D eigenvalue weighted by Crippen LogP contribution is -2.42. The third-order valence-electron chi connectivity index (χ3n) is 5.50. The molecule has 0 unspecified atom stereocenters. The van der Waals surface area contributed by atoms with Gasteiger partial charge in [-0.1, -0.05) is 19.9 Å². The van der Waals surface area contributed by atoms with E-state index in [9.17, 15) is 18.0 Å². The fourth-order valence-corrected chi connectivity index (χ4v) is 5.88. The molecule has 0 spiro atoms. The molecule has 1 aromatic rings. The van der Waals surface area contributed by atoms with Gasteiger partial charge >= 0.3 is 0 Å². The van der Waals surface area contributed by atoms with E-state index in [2.05, 4.69) is 19.2 Å². The van der Waals surface area contributed by atoms with Crippen molar-refractivity contribution in [2.24, 2.45) is 17.8 Å². The molecule has 1 aromatic carbocycles. The number of hydrogen-bond donors (Lipinski definition) is 1. The predicted molar refractivity (Wildman–Crippen MR) is 105 cm³/mol. The van der Waals surface area contributed by atoms with Gasteiger partial charge in [-0.15, -0.1) is 0 Å². The SMILES string of the molecule is Cc1ccc(C(=O)N2C[C@H](C)C[C@@H](C)C2)cc1NC(=O)[C@H]1CCS(=O)(=O)C1. The molecule has 0 aliphatic carbocycles. The van der Waals surface area contributed by atoms with Gasteiger partial charge < -0.3 is 10.2 Å². The summed E-state index contributed by atoms with van der Waals surface area (Å²) >= 11 is 0. The zero-order valence-electron chi connectivity index (χ0n) is 16.2. The number of carbonyl (C=O) groups excluding carboxylic acids is 2. The third-order valence-corrected chi connectivity index (χ3v) is 7.27. The Hall–Kier alpha value is -1.89. The Balaban J connectivity index is 1.74. The van der Waals surface area contributed by atoms with Gasteiger partial charge in [0.2, 0.25) is 5.91 Å². The number of rotatable bonds is 3. The van der Waals surface area contributed by atoms with Gasteiger partial charge in [0.1, 0.15) is 0 Å². The third kappa shape index (κ3) is 4.69. The topological polar surface area (TPSA) is 83.6 Å². The predicted octanol–water partition coefficient (Wildman–Crippen LogP) is 2.49. The lowest BCUT2D eigenvalue weighted by molar-refractivity contribution is -0.119. The van der Waals surface area contributed by atoms with Crippen molar-refractivity contribution in [2.45, 2.75) is 33.6 Å². The lowest BCUT2D eigenvalue weighted by atomic mass is 9.91. The highest BCUT2D eigenvalue weighted by molar-refractivity contribution is 7.91. The second-order valence-corrected chi connectivity index (χ2v) is 10.5. The molecular weight excluding hydrogens is 364 g/mol. The van der Waals surface area contributed by atoms with Crippen LogP contribution in [-0.2, 0) is 14.6 Å². The molecule has 2 heterocycles. The van der Waals surface area contributed by atoms with Gasteiger partial charge in [-0.2, -0.15) is 0 Å². The summed E-state index contributed by atoms with van der Waals surface area (Å²) in [5.41, 5.74) is 1.98. The summed E-state index contributed by atoms with van der Waals surface area (Å²) in [5.74, 6) is 0.0979. The number of nitrogens with zero attached hydrogens (tertiary/aromatic N) is 1. The summed E-state index contributed by atoms with van der Waals surface area (Å²) in [5, 5.41) is 2.83. The molecule has 0 bridgehead atoms. The first-order valence-corrected chi connectivity index (χ1v) is 11.4. The highest BCUT2D eigenvalue weighted by atomic mass is 32.2. The summed E-state index contributed by atoms with van der Waals surface area (Å²) in [7, 11) is -3.11. The fourth-order valence-electron chi connectivity index (χ4n) is 4.14. The van der Waals surface area contributed by atoms with Crippen LogP contribution in [0.5, 0.6) is 0 Å². The van der Waals surface area contributed by atoms with Gasteiger partial charge in [-0.3, -0.25) is 9.59 Å². The largest absolute Gasteiger partial charge is 0.338 e. The Bertz CT molecular complexity index is 840. The molecule has 0 aromatic heterocycles. The van der Waals surface area contributed by atoms with Crippen molar-refractivity contribution in [1.82, 2.24) is 4.90 Å². The van der Waals surface area contributed by atoms with Crippen molar-refractivity contribution in [3.8, 4) is 0 Å². The first-order valence-electron chi connectivity index (χ1n) is 9.56. The molecule has 0 radical (unpaired) electrons. The number of piperidine rings is 1. The van der Waals surface area contributed by atoms with Crippen LogP contribution in [0.1, 0.15) is 42.6 Å². The number of anilines is 1. The van der Waals surface area contributed by atoms with Crippen LogP contribution in [0.4, 0.5) is 5.69 Å². The second-order valence-electron chi connectivity index (χ2n) is 8.28. The van der Waals surface area contributed by atoms with Crippen LogP contribution >= 0.6 is 0 Å². The summed E-state index contributed by atoms with van der Waals surface area (Å²) in [6, 6.07) is 5.32. The first kappa shape index (κ1) is 19.9. The van der Waals surface area contributed by atoms with Gasteiger partial charge in [0.15, 0.2) is 9.84 Å². The number of nitrogens with one attached hydrogen (secondary N) is 1. The number of benzene rings is 1. The quantitative estimate of drug-likeness (QED) is 0.857. The minimum atomic E-state index is -3.11. The molecule has 2 saturated heterocycles. The molecule has 3 rings (SSSR count). The molecule has 0 saturated carbocycles. The molecule has 2 fully saturated rings. The van der Waals surface area contributed by atoms with Crippen LogP contribution in [0.15, 0.2) is 18.2 Å². The highest BCUT2D eigenvalue weighted by Gasteiger charge is 2.33. The zero-order valence-corrected chi connectivity index (χ0v) is 17.0. The van der Waals surface area contributed by atoms with Crippen LogP contribution < -0.4 is 5.32 Å². The van der Waals surface area contributed by atoms with Gasteiger partial charge in [0, 0.05) is 24.3 Å². The van der Waals surface area contributed by atoms with E-state index in [4.69, 9.17) is 0 Å². The molecule has 148 valence electrons. The Morgan fingerprint density at radius 1 is 1.15 bits per heavy atom. The van der Waals surface area contributed by atoms with Crippen molar-refractivity contribution in [2.75, 3.05) is 29.9 Å². The van der Waals surface area contributed by atoms with Crippen LogP contribution in [0.3, 0.4) is 0 Å². The summed E-state index contributed by atoms with van der Waals surface area (Å²) < 4.78 is 23.2. The van der Waals surface area contributed by atoms with Crippen molar-refractivity contribution in [3.63, 3.8) is 0 Å². The molecule has 27 heavy (non-hydrogen) atoms. The van der Waals surface area contributed by atoms with E-state index >= 15 is 0 Å². The second kappa shape index (κ2) is 7.62. The smallest absolute Gasteiger partial charge is 0.253 e. The zero-order chi connectivity index (χ0) is 19.8. The Morgan fingerprint density at radius 2 is 1.81 bits per heavy atom. The fraction of sp³-hybridized carbons (Fsp3) is 0.600. The van der Waals surface area contributed by atoms with Crippen LogP contribution in [0, 0.1) is 24.7 Å². The standard InChI is InChI=1S/C20H28N2O4S/c1-13-8-14(2)11-22(10-13)20(24)16-5-4-15(3)18(9-16)21-19(23)17-6-7-27(25,26)12-17/h4-5,9,13-14,17H,6-8,10-12H2,1-3H3,(H,21,23)/t13-,14-,17+/m1/s1. The van der Waals surface area contributed by atoms with Crippen LogP contribution in [-0.4, -0.2) is 49.7 Å². The van der Waals surface area contributed by atoms with E-state index in [0.29, 0.717) is 29.5 Å². The Labute approximate surface area is 161 Å². The van der Waals surface area contributed by atoms with Crippen molar-refractivity contribution >= 4 is 27.3 Å². The molecule has 7 heteroatoms. The minimum Gasteiger partial charge on any atom is -0.338 e. The van der Waals surface area contributed by atoms with E-state index in [-0.39, 0.29) is 23.3 Å². The minimum absolute atomic E-state index is 0.0210. The number of amides is 2. The van der Waals surface area contributed by atoms with E-state index in [0.717, 1.165) is 25.1 Å². The molecule has 6 nitrogen and oxygen atoms in total. The van der Waals surface area contributed by atoms with Gasteiger partial charge in [-0.05, 0) is 49.3 Å². The van der Waals surface area contributed by atoms with E-state index in [1.165, 1.54) is 0 Å². The average molecular weight is 393 g/mol. The lowest BCUT2D eigenvalue weighted by Gasteiger charge is -2.35. The summed E-state index contributed by atoms with van der Waals surface area (Å²) in [6.45, 7) is 7.68. The summed E-state index contributed by atoms with van der Waals surface area (Å²) in [4.78, 5) is 27.3. The van der Waals surface area contributed by atoms with Crippen molar-refractivity contribution < 1.29 is 18.0 Å².